The molecule has 1 aliphatic rings. The first kappa shape index (κ1) is 49.9. The first-order valence-corrected chi connectivity index (χ1v) is 21.2. The average Bonchev–Trinajstić information content (AvgIpc) is 3.92. The van der Waals surface area contributed by atoms with Gasteiger partial charge in [0.15, 0.2) is 0 Å². The van der Waals surface area contributed by atoms with Gasteiger partial charge in [-0.3, -0.25) is 0 Å². The summed E-state index contributed by atoms with van der Waals surface area (Å²) in [6.45, 7) is 31.5. The molecule has 0 spiro atoms. The summed E-state index contributed by atoms with van der Waals surface area (Å²) < 4.78 is 14.0. The van der Waals surface area contributed by atoms with E-state index in [0.717, 1.165) is 37.9 Å². The molecular formula is C46H80FNOS. The van der Waals surface area contributed by atoms with Crippen LogP contribution in [0.2, 0.25) is 0 Å². The average molecular weight is 714 g/mol. The highest BCUT2D eigenvalue weighted by molar-refractivity contribution is 8.13. The van der Waals surface area contributed by atoms with Gasteiger partial charge in [0.1, 0.15) is 6.17 Å². The molecule has 2 N–H and O–H groups in total. The molecule has 0 heterocycles. The lowest BCUT2D eigenvalue weighted by Crippen LogP contribution is -2.41. The van der Waals surface area contributed by atoms with Gasteiger partial charge >= 0.3 is 0 Å². The van der Waals surface area contributed by atoms with Crippen LogP contribution in [0.25, 0.3) is 5.70 Å². The first-order chi connectivity index (χ1) is 23.2. The summed E-state index contributed by atoms with van der Waals surface area (Å²) in [7, 11) is 0.209. The van der Waals surface area contributed by atoms with Crippen LogP contribution in [0, 0.1) is 18.3 Å². The van der Waals surface area contributed by atoms with Crippen LogP contribution in [-0.2, 0) is 12.8 Å². The van der Waals surface area contributed by atoms with Gasteiger partial charge in [-0.1, -0.05) is 129 Å². The highest BCUT2D eigenvalue weighted by Crippen LogP contribution is 2.30. The van der Waals surface area contributed by atoms with Gasteiger partial charge in [-0.15, -0.1) is 6.58 Å². The van der Waals surface area contributed by atoms with Gasteiger partial charge in [0.2, 0.25) is 0 Å². The second kappa shape index (κ2) is 25.7. The molecule has 0 radical (unpaired) electrons. The Balaban J connectivity index is 0. The summed E-state index contributed by atoms with van der Waals surface area (Å²) in [5.41, 5.74) is 6.80. The highest BCUT2D eigenvalue weighted by Gasteiger charge is 2.26. The summed E-state index contributed by atoms with van der Waals surface area (Å²) in [5.74, 6) is 5.72. The third-order valence-electron chi connectivity index (χ3n) is 9.07. The van der Waals surface area contributed by atoms with E-state index >= 15 is 0 Å². The van der Waals surface area contributed by atoms with Crippen LogP contribution in [0.3, 0.4) is 0 Å². The van der Waals surface area contributed by atoms with Gasteiger partial charge in [0.25, 0.3) is 0 Å². The Morgan fingerprint density at radius 3 is 1.88 bits per heavy atom. The summed E-state index contributed by atoms with van der Waals surface area (Å²) in [5, 5.41) is 13.0. The number of halogens is 1. The van der Waals surface area contributed by atoms with E-state index in [1.165, 1.54) is 52.8 Å². The van der Waals surface area contributed by atoms with Crippen molar-refractivity contribution in [1.82, 2.24) is 5.32 Å². The summed E-state index contributed by atoms with van der Waals surface area (Å²) >= 11 is 0. The summed E-state index contributed by atoms with van der Waals surface area (Å²) in [4.78, 5) is 0. The highest BCUT2D eigenvalue weighted by atomic mass is 32.2. The normalized spacial score (nSPS) is 14.8. The van der Waals surface area contributed by atoms with Crippen molar-refractivity contribution in [2.24, 2.45) is 11.3 Å². The fraction of sp³-hybridized carbons (Fsp3) is 0.630. The number of nitrogens with one attached hydrogen (secondary N) is 1. The minimum atomic E-state index is -0.836. The molecule has 1 saturated carbocycles. The molecule has 0 bridgehead atoms. The number of hydrogen-bond donors (Lipinski definition) is 2. The lowest BCUT2D eigenvalue weighted by Gasteiger charge is -2.34. The molecule has 2 nitrogen and oxygen atoms in total. The topological polar surface area (TPSA) is 32.3 Å². The van der Waals surface area contributed by atoms with Gasteiger partial charge in [-0.05, 0) is 131 Å². The van der Waals surface area contributed by atoms with E-state index in [9.17, 15) is 4.39 Å². The maximum absolute atomic E-state index is 14.0. The number of alkyl halides is 1. The zero-order valence-corrected chi connectivity index (χ0v) is 36.2. The monoisotopic (exact) mass is 714 g/mol. The SMILES string of the molecule is C1CC1.C=CC.C=S(C)CCC(C)(CCC)NC(=CC)c1ccc(Cc2cccc(CC(C)(C)C(C)F)c2)c(C)c1.CC.CC(C)C(C)(C)O. The van der Waals surface area contributed by atoms with Crippen LogP contribution in [-0.4, -0.2) is 40.3 Å². The van der Waals surface area contributed by atoms with Crippen molar-refractivity contribution in [1.29, 1.82) is 0 Å². The third-order valence-corrected chi connectivity index (χ3v) is 9.97. The molecule has 288 valence electrons. The van der Waals surface area contributed by atoms with Crippen molar-refractivity contribution in [3.05, 3.63) is 89.0 Å². The maximum Gasteiger partial charge on any atom is 0.103 e. The lowest BCUT2D eigenvalue weighted by atomic mass is 9.81. The largest absolute Gasteiger partial charge is 0.390 e. The van der Waals surface area contributed by atoms with Crippen LogP contribution in [0.15, 0.2) is 61.2 Å². The summed E-state index contributed by atoms with van der Waals surface area (Å²) in [6, 6.07) is 15.5. The predicted molar refractivity (Wildman–Crippen MR) is 231 cm³/mol. The summed E-state index contributed by atoms with van der Waals surface area (Å²) in [6.07, 6.45) is 14.9. The number of aryl methyl sites for hydroxylation is 1. The quantitative estimate of drug-likeness (QED) is 0.151. The first-order valence-electron chi connectivity index (χ1n) is 19.2. The molecule has 0 aliphatic heterocycles. The minimum Gasteiger partial charge on any atom is -0.390 e. The standard InChI is InChI=1S/C32H48FNS.C6H14O.2C3H6.C2H6/c1-10-17-32(7,18-19-35(8)9)34-30(11-2)29-16-15-28(24(3)20-29)22-26-13-12-14-27(21-26)23-31(5,6)25(4)33;1-5(2)6(3,4)7;1-2-3-1;1-3-2;1-2/h11-16,20-21,25,34H,8,10,17-19,22-23H2,1-7,9H3;5,7H,1-4H3;1-3H2;3H,1H2,2H3;1-2H3. The Labute approximate surface area is 313 Å². The van der Waals surface area contributed by atoms with E-state index in [1.807, 2.05) is 62.3 Å². The number of allylic oxidation sites excluding steroid dienone is 2. The van der Waals surface area contributed by atoms with Gasteiger partial charge in [-0.2, -0.15) is 10.5 Å². The van der Waals surface area contributed by atoms with Gasteiger partial charge in [0.05, 0.1) is 5.60 Å². The molecule has 3 unspecified atom stereocenters. The Bertz CT molecular complexity index is 1250. The van der Waals surface area contributed by atoms with Crippen LogP contribution in [0.5, 0.6) is 0 Å². The second-order valence-corrected chi connectivity index (χ2v) is 17.5. The van der Waals surface area contributed by atoms with E-state index in [0.29, 0.717) is 5.92 Å². The molecule has 2 aromatic rings. The number of benzene rings is 2. The van der Waals surface area contributed by atoms with E-state index in [2.05, 4.69) is 100 Å². The van der Waals surface area contributed by atoms with Gasteiger partial charge in [-0.25, -0.2) is 4.39 Å². The van der Waals surface area contributed by atoms with Crippen LogP contribution in [0.4, 0.5) is 4.39 Å². The number of hydrogen-bond acceptors (Lipinski definition) is 2. The Hall–Kier alpha value is -2.17. The lowest BCUT2D eigenvalue weighted by molar-refractivity contribution is 0.0327. The third kappa shape index (κ3) is 22.6. The van der Waals surface area contributed by atoms with Crippen molar-refractivity contribution in [3.63, 3.8) is 0 Å². The van der Waals surface area contributed by atoms with Crippen LogP contribution >= 0.6 is 10.5 Å². The molecule has 4 heteroatoms. The Kier molecular flexibility index (Phi) is 25.7. The minimum absolute atomic E-state index is 0.0768. The van der Waals surface area contributed by atoms with Gasteiger partial charge < -0.3 is 10.4 Å². The second-order valence-electron chi connectivity index (χ2n) is 15.6. The molecular weight excluding hydrogens is 634 g/mol. The number of aliphatic hydroxyl groups is 1. The maximum atomic E-state index is 14.0. The van der Waals surface area contributed by atoms with Crippen molar-refractivity contribution >= 4 is 22.1 Å². The van der Waals surface area contributed by atoms with E-state index in [-0.39, 0.29) is 21.4 Å². The fourth-order valence-electron chi connectivity index (χ4n) is 4.64. The molecule has 0 aromatic heterocycles. The zero-order valence-electron chi connectivity index (χ0n) is 35.4. The number of rotatable bonds is 14. The molecule has 1 aliphatic carbocycles. The molecule has 50 heavy (non-hydrogen) atoms. The Morgan fingerprint density at radius 2 is 1.48 bits per heavy atom. The van der Waals surface area contributed by atoms with Crippen molar-refractivity contribution in [3.8, 4) is 0 Å². The Morgan fingerprint density at radius 1 is 0.960 bits per heavy atom. The molecule has 3 atom stereocenters. The molecule has 3 rings (SSSR count). The van der Waals surface area contributed by atoms with E-state index < -0.39 is 11.8 Å². The van der Waals surface area contributed by atoms with Crippen molar-refractivity contribution in [2.75, 3.05) is 12.0 Å². The molecule has 1 fully saturated rings. The van der Waals surface area contributed by atoms with Gasteiger partial charge in [0, 0.05) is 11.2 Å². The van der Waals surface area contributed by atoms with Crippen molar-refractivity contribution in [2.45, 2.75) is 166 Å². The fourth-order valence-corrected chi connectivity index (χ4v) is 5.43. The molecule has 2 aromatic carbocycles. The molecule has 0 amide bonds. The molecule has 0 saturated heterocycles. The van der Waals surface area contributed by atoms with Crippen LogP contribution in [0.1, 0.15) is 156 Å². The zero-order chi connectivity index (χ0) is 39.1. The smallest absolute Gasteiger partial charge is 0.103 e. The van der Waals surface area contributed by atoms with Crippen LogP contribution < -0.4 is 5.32 Å². The van der Waals surface area contributed by atoms with Crippen molar-refractivity contribution < 1.29 is 9.50 Å². The van der Waals surface area contributed by atoms with E-state index in [1.54, 1.807) is 13.0 Å². The van der Waals surface area contributed by atoms with E-state index in [4.69, 9.17) is 5.11 Å². The predicted octanol–water partition coefficient (Wildman–Crippen LogP) is 13.5.